The Balaban J connectivity index is 1.50. The number of carbonyl (C=O) groups is 2. The highest BCUT2D eigenvalue weighted by Crippen LogP contribution is 2.35. The number of amides is 2. The van der Waals surface area contributed by atoms with E-state index in [9.17, 15) is 9.59 Å². The van der Waals surface area contributed by atoms with Gasteiger partial charge in [0.25, 0.3) is 11.8 Å². The van der Waals surface area contributed by atoms with Gasteiger partial charge in [0.15, 0.2) is 0 Å². The first-order chi connectivity index (χ1) is 11.2. The average molecular weight is 340 g/mol. The van der Waals surface area contributed by atoms with E-state index in [-0.39, 0.29) is 11.8 Å². The Labute approximate surface area is 142 Å². The van der Waals surface area contributed by atoms with Crippen LogP contribution in [0.1, 0.15) is 26.3 Å². The van der Waals surface area contributed by atoms with Gasteiger partial charge in [0.05, 0.1) is 22.7 Å². The van der Waals surface area contributed by atoms with Crippen LogP contribution in [0.3, 0.4) is 0 Å². The number of fused-ring (bicyclic) bond motifs is 2. The van der Waals surface area contributed by atoms with Crippen molar-refractivity contribution in [3.05, 3.63) is 65.2 Å². The molecule has 0 saturated heterocycles. The predicted octanol–water partition coefficient (Wildman–Crippen LogP) is 3.91. The Morgan fingerprint density at radius 2 is 1.65 bits per heavy atom. The highest BCUT2D eigenvalue weighted by molar-refractivity contribution is 8.38. The van der Waals surface area contributed by atoms with Crippen molar-refractivity contribution in [3.63, 3.8) is 0 Å². The van der Waals surface area contributed by atoms with E-state index in [2.05, 4.69) is 11.1 Å². The standard InChI is InChI=1S/C17H12N2O2S2/c20-15-12-6-2-3-7-13(12)16(21)19(15)10-23-17-18-14-8-4-1-5-11(14)9-22-17/h1-8H,9-10H2. The van der Waals surface area contributed by atoms with Gasteiger partial charge in [-0.3, -0.25) is 14.5 Å². The van der Waals surface area contributed by atoms with Crippen molar-refractivity contribution in [3.8, 4) is 0 Å². The quantitative estimate of drug-likeness (QED) is 0.778. The summed E-state index contributed by atoms with van der Waals surface area (Å²) in [5.74, 6) is 0.713. The number of carbonyl (C=O) groups excluding carboxylic acids is 2. The molecule has 2 aliphatic rings. The van der Waals surface area contributed by atoms with Crippen LogP contribution in [0.25, 0.3) is 0 Å². The van der Waals surface area contributed by atoms with E-state index in [1.165, 1.54) is 22.2 Å². The molecule has 2 amide bonds. The van der Waals surface area contributed by atoms with Crippen LogP contribution in [0.5, 0.6) is 0 Å². The number of imide groups is 1. The number of benzene rings is 2. The SMILES string of the molecule is O=C1c2ccccc2C(=O)N1CSC1=Nc2ccccc2CS1. The molecule has 0 fully saturated rings. The molecule has 2 aliphatic heterocycles. The number of hydrogen-bond acceptors (Lipinski definition) is 5. The fraction of sp³-hybridized carbons (Fsp3) is 0.118. The minimum absolute atomic E-state index is 0.222. The summed E-state index contributed by atoms with van der Waals surface area (Å²) in [4.78, 5) is 30.5. The summed E-state index contributed by atoms with van der Waals surface area (Å²) in [6.45, 7) is 0. The topological polar surface area (TPSA) is 49.7 Å². The lowest BCUT2D eigenvalue weighted by atomic mass is 10.1. The van der Waals surface area contributed by atoms with Crippen molar-refractivity contribution in [2.24, 2.45) is 4.99 Å². The summed E-state index contributed by atoms with van der Waals surface area (Å²) in [6.07, 6.45) is 0. The molecule has 2 aromatic rings. The predicted molar refractivity (Wildman–Crippen MR) is 94.2 cm³/mol. The van der Waals surface area contributed by atoms with E-state index < -0.39 is 0 Å². The Morgan fingerprint density at radius 3 is 2.39 bits per heavy atom. The zero-order valence-corrected chi connectivity index (χ0v) is 13.7. The monoisotopic (exact) mass is 340 g/mol. The molecule has 23 heavy (non-hydrogen) atoms. The van der Waals surface area contributed by atoms with Gasteiger partial charge in [-0.2, -0.15) is 0 Å². The van der Waals surface area contributed by atoms with Crippen molar-refractivity contribution in [1.82, 2.24) is 4.90 Å². The molecule has 0 radical (unpaired) electrons. The Hall–Kier alpha value is -2.05. The van der Waals surface area contributed by atoms with Crippen molar-refractivity contribution in [2.75, 3.05) is 5.88 Å². The first-order valence-corrected chi connectivity index (χ1v) is 9.08. The van der Waals surface area contributed by atoms with Crippen LogP contribution in [-0.2, 0) is 5.75 Å². The van der Waals surface area contributed by atoms with E-state index in [0.717, 1.165) is 15.8 Å². The van der Waals surface area contributed by atoms with Crippen LogP contribution in [0.2, 0.25) is 0 Å². The molecule has 2 aromatic carbocycles. The molecule has 114 valence electrons. The molecule has 4 rings (SSSR count). The minimum atomic E-state index is -0.222. The van der Waals surface area contributed by atoms with Gasteiger partial charge in [-0.05, 0) is 23.8 Å². The molecule has 0 atom stereocenters. The van der Waals surface area contributed by atoms with E-state index in [1.807, 2.05) is 18.2 Å². The second-order valence-corrected chi connectivity index (χ2v) is 7.31. The average Bonchev–Trinajstić information content (AvgIpc) is 2.84. The lowest BCUT2D eigenvalue weighted by Crippen LogP contribution is -2.29. The molecule has 0 bridgehead atoms. The Morgan fingerprint density at radius 1 is 1.00 bits per heavy atom. The number of thioether (sulfide) groups is 2. The lowest BCUT2D eigenvalue weighted by Gasteiger charge is -2.17. The zero-order chi connectivity index (χ0) is 15.8. The molecular formula is C17H12N2O2S2. The molecule has 0 aliphatic carbocycles. The maximum absolute atomic E-state index is 12.3. The van der Waals surface area contributed by atoms with Crippen molar-refractivity contribution < 1.29 is 9.59 Å². The highest BCUT2D eigenvalue weighted by atomic mass is 32.2. The first kappa shape index (κ1) is 14.5. The molecular weight excluding hydrogens is 328 g/mol. The maximum Gasteiger partial charge on any atom is 0.262 e. The zero-order valence-electron chi connectivity index (χ0n) is 12.1. The van der Waals surface area contributed by atoms with Crippen LogP contribution in [0, 0.1) is 0 Å². The smallest absolute Gasteiger partial charge is 0.262 e. The third kappa shape index (κ3) is 2.58. The van der Waals surface area contributed by atoms with Gasteiger partial charge in [0.2, 0.25) is 0 Å². The van der Waals surface area contributed by atoms with Crippen molar-refractivity contribution >= 4 is 45.4 Å². The largest absolute Gasteiger partial charge is 0.269 e. The minimum Gasteiger partial charge on any atom is -0.269 e. The molecule has 4 nitrogen and oxygen atoms in total. The third-order valence-electron chi connectivity index (χ3n) is 3.75. The van der Waals surface area contributed by atoms with Crippen molar-refractivity contribution in [1.29, 1.82) is 0 Å². The summed E-state index contributed by atoms with van der Waals surface area (Å²) >= 11 is 3.07. The van der Waals surface area contributed by atoms with Gasteiger partial charge in [-0.25, -0.2) is 4.99 Å². The highest BCUT2D eigenvalue weighted by Gasteiger charge is 2.35. The van der Waals surface area contributed by atoms with E-state index in [4.69, 9.17) is 0 Å². The molecule has 0 aromatic heterocycles. The summed E-state index contributed by atoms with van der Waals surface area (Å²) in [6, 6.07) is 15.0. The molecule has 0 unspecified atom stereocenters. The van der Waals surface area contributed by atoms with Gasteiger partial charge in [-0.1, -0.05) is 53.9 Å². The third-order valence-corrected chi connectivity index (χ3v) is 5.98. The second-order valence-electron chi connectivity index (χ2n) is 5.15. The number of hydrogen-bond donors (Lipinski definition) is 0. The molecule has 0 saturated carbocycles. The second kappa shape index (κ2) is 5.86. The van der Waals surface area contributed by atoms with Crippen LogP contribution < -0.4 is 0 Å². The van der Waals surface area contributed by atoms with Crippen LogP contribution in [0.4, 0.5) is 5.69 Å². The number of rotatable bonds is 2. The van der Waals surface area contributed by atoms with Gasteiger partial charge in [0, 0.05) is 5.75 Å². The fourth-order valence-corrected chi connectivity index (χ4v) is 4.55. The Kier molecular flexibility index (Phi) is 3.71. The fourth-order valence-electron chi connectivity index (χ4n) is 2.56. The first-order valence-electron chi connectivity index (χ1n) is 7.11. The number of para-hydroxylation sites is 1. The van der Waals surface area contributed by atoms with E-state index >= 15 is 0 Å². The van der Waals surface area contributed by atoms with Gasteiger partial charge in [-0.15, -0.1) is 0 Å². The molecule has 6 heteroatoms. The molecule has 0 spiro atoms. The Bertz CT molecular complexity index is 813. The maximum atomic E-state index is 12.3. The molecule has 2 heterocycles. The van der Waals surface area contributed by atoms with Gasteiger partial charge < -0.3 is 0 Å². The van der Waals surface area contributed by atoms with Crippen LogP contribution >= 0.6 is 23.5 Å². The van der Waals surface area contributed by atoms with E-state index in [0.29, 0.717) is 17.0 Å². The summed E-state index contributed by atoms with van der Waals surface area (Å²) in [7, 11) is 0. The van der Waals surface area contributed by atoms with Crippen molar-refractivity contribution in [2.45, 2.75) is 5.75 Å². The van der Waals surface area contributed by atoms with Gasteiger partial charge >= 0.3 is 0 Å². The summed E-state index contributed by atoms with van der Waals surface area (Å²) < 4.78 is 0.889. The summed E-state index contributed by atoms with van der Waals surface area (Å²) in [5, 5.41) is 0. The summed E-state index contributed by atoms with van der Waals surface area (Å²) in [5.41, 5.74) is 3.15. The van der Waals surface area contributed by atoms with Gasteiger partial charge in [0.1, 0.15) is 4.38 Å². The number of nitrogens with zero attached hydrogens (tertiary/aromatic N) is 2. The van der Waals surface area contributed by atoms with Crippen LogP contribution in [0.15, 0.2) is 53.5 Å². The molecule has 0 N–H and O–H groups in total. The lowest BCUT2D eigenvalue weighted by molar-refractivity contribution is 0.0684. The van der Waals surface area contributed by atoms with E-state index in [1.54, 1.807) is 36.0 Å². The van der Waals surface area contributed by atoms with Crippen LogP contribution in [-0.4, -0.2) is 27.0 Å². The number of aliphatic imine (C=N–C) groups is 1. The normalized spacial score (nSPS) is 16.2.